The molecule has 0 aliphatic heterocycles. The lowest BCUT2D eigenvalue weighted by molar-refractivity contribution is -0.142. The first-order valence-corrected chi connectivity index (χ1v) is 11.5. The smallest absolute Gasteiger partial charge is 0.192 e. The summed E-state index contributed by atoms with van der Waals surface area (Å²) < 4.78 is 2.11. The molecule has 0 amide bonds. The molecule has 6 heteroatoms. The van der Waals surface area contributed by atoms with Crippen molar-refractivity contribution < 1.29 is 4.79 Å². The molecule has 1 atom stereocenters. The van der Waals surface area contributed by atoms with Crippen molar-refractivity contribution in [2.45, 2.75) is 69.3 Å². The maximum atomic E-state index is 13.6. The molecule has 0 radical (unpaired) electrons. The molecule has 0 N–H and O–H groups in total. The Hall–Kier alpha value is -1.69. The van der Waals surface area contributed by atoms with E-state index < -0.39 is 0 Å². The van der Waals surface area contributed by atoms with Crippen molar-refractivity contribution in [3.8, 4) is 11.4 Å². The number of carbonyl (C=O) groups excluding carboxylic acids is 1. The molecule has 6 rings (SSSR count). The number of hydrogen-bond donors (Lipinski definition) is 0. The number of aromatic nitrogens is 4. The standard InChI is InChI=1S/C22H28N4OS/c1-3-26-20(18-4-6-23-7-5-18)24-25-21(26)28-14(2)19(27)22-11-15-8-16(12-22)10-17(9-15)13-22/h4-7,14-17H,3,8-13H2,1-2H3. The number of pyridine rings is 1. The number of rotatable bonds is 6. The molecule has 28 heavy (non-hydrogen) atoms. The molecule has 2 aromatic rings. The van der Waals surface area contributed by atoms with Crippen LogP contribution in [-0.4, -0.2) is 30.8 Å². The number of ketones is 1. The molecule has 4 aliphatic rings. The Kier molecular flexibility index (Phi) is 4.57. The van der Waals surface area contributed by atoms with E-state index in [9.17, 15) is 4.79 Å². The lowest BCUT2D eigenvalue weighted by Gasteiger charge is -2.56. The molecule has 4 saturated carbocycles. The maximum absolute atomic E-state index is 13.6. The van der Waals surface area contributed by atoms with E-state index in [4.69, 9.17) is 0 Å². The Labute approximate surface area is 170 Å². The van der Waals surface area contributed by atoms with Crippen molar-refractivity contribution in [2.24, 2.45) is 23.2 Å². The minimum absolute atomic E-state index is 0.0494. The van der Waals surface area contributed by atoms with Gasteiger partial charge in [-0.2, -0.15) is 0 Å². The van der Waals surface area contributed by atoms with Crippen LogP contribution in [0.4, 0.5) is 0 Å². The zero-order valence-corrected chi connectivity index (χ0v) is 17.5. The van der Waals surface area contributed by atoms with E-state index in [-0.39, 0.29) is 10.7 Å². The number of thioether (sulfide) groups is 1. The van der Waals surface area contributed by atoms with E-state index in [1.54, 1.807) is 24.2 Å². The van der Waals surface area contributed by atoms with Crippen molar-refractivity contribution >= 4 is 17.5 Å². The monoisotopic (exact) mass is 396 g/mol. The minimum Gasteiger partial charge on any atom is -0.302 e. The summed E-state index contributed by atoms with van der Waals surface area (Å²) in [6, 6.07) is 3.91. The zero-order valence-electron chi connectivity index (χ0n) is 16.7. The van der Waals surface area contributed by atoms with E-state index in [1.807, 2.05) is 12.1 Å². The predicted molar refractivity (Wildman–Crippen MR) is 110 cm³/mol. The molecule has 4 aliphatic carbocycles. The Morgan fingerprint density at radius 1 is 1.14 bits per heavy atom. The first-order chi connectivity index (χ1) is 13.6. The normalized spacial score (nSPS) is 31.9. The molecule has 4 bridgehead atoms. The van der Waals surface area contributed by atoms with Gasteiger partial charge < -0.3 is 4.57 Å². The van der Waals surface area contributed by atoms with Gasteiger partial charge in [0.25, 0.3) is 0 Å². The summed E-state index contributed by atoms with van der Waals surface area (Å²) in [6.45, 7) is 4.96. The summed E-state index contributed by atoms with van der Waals surface area (Å²) >= 11 is 1.59. The van der Waals surface area contributed by atoms with Crippen LogP contribution in [0.3, 0.4) is 0 Å². The van der Waals surface area contributed by atoms with Gasteiger partial charge >= 0.3 is 0 Å². The van der Waals surface area contributed by atoms with E-state index in [1.165, 1.54) is 19.3 Å². The van der Waals surface area contributed by atoms with Gasteiger partial charge in [0.15, 0.2) is 16.8 Å². The summed E-state index contributed by atoms with van der Waals surface area (Å²) in [6.07, 6.45) is 11.0. The summed E-state index contributed by atoms with van der Waals surface area (Å²) in [5.74, 6) is 3.70. The van der Waals surface area contributed by atoms with Gasteiger partial charge in [-0.3, -0.25) is 9.78 Å². The summed E-state index contributed by atoms with van der Waals surface area (Å²) in [7, 11) is 0. The summed E-state index contributed by atoms with van der Waals surface area (Å²) in [5.41, 5.74) is 0.961. The SMILES string of the molecule is CCn1c(SC(C)C(=O)C23CC4CC(CC(C4)C2)C3)nnc1-c1ccncc1. The Balaban J connectivity index is 1.37. The van der Waals surface area contributed by atoms with Gasteiger partial charge in [-0.05, 0) is 82.3 Å². The van der Waals surface area contributed by atoms with Crippen molar-refractivity contribution in [3.63, 3.8) is 0 Å². The third-order valence-electron chi connectivity index (χ3n) is 7.18. The second-order valence-electron chi connectivity index (χ2n) is 9.11. The van der Waals surface area contributed by atoms with E-state index in [0.717, 1.165) is 60.1 Å². The highest BCUT2D eigenvalue weighted by molar-refractivity contribution is 8.00. The number of carbonyl (C=O) groups is 1. The minimum atomic E-state index is -0.0731. The van der Waals surface area contributed by atoms with Gasteiger partial charge in [0.1, 0.15) is 0 Å². The Bertz CT molecular complexity index is 843. The summed E-state index contributed by atoms with van der Waals surface area (Å²) in [5, 5.41) is 9.62. The van der Waals surface area contributed by atoms with Gasteiger partial charge in [0.05, 0.1) is 5.25 Å². The van der Waals surface area contributed by atoms with Crippen molar-refractivity contribution in [3.05, 3.63) is 24.5 Å². The highest BCUT2D eigenvalue weighted by atomic mass is 32.2. The van der Waals surface area contributed by atoms with Crippen LogP contribution in [0.2, 0.25) is 0 Å². The van der Waals surface area contributed by atoms with Crippen molar-refractivity contribution in [1.29, 1.82) is 0 Å². The highest BCUT2D eigenvalue weighted by Gasteiger charge is 2.55. The molecule has 5 nitrogen and oxygen atoms in total. The predicted octanol–water partition coefficient (Wildman–Crippen LogP) is 4.63. The fraction of sp³-hybridized carbons (Fsp3) is 0.636. The van der Waals surface area contributed by atoms with E-state index >= 15 is 0 Å². The van der Waals surface area contributed by atoms with Crippen LogP contribution >= 0.6 is 11.8 Å². The van der Waals surface area contributed by atoms with Crippen LogP contribution in [0, 0.1) is 23.2 Å². The van der Waals surface area contributed by atoms with Crippen LogP contribution in [0.5, 0.6) is 0 Å². The molecule has 148 valence electrons. The number of hydrogen-bond acceptors (Lipinski definition) is 5. The van der Waals surface area contributed by atoms with Crippen molar-refractivity contribution in [1.82, 2.24) is 19.7 Å². The molecular weight excluding hydrogens is 368 g/mol. The number of nitrogens with zero attached hydrogens (tertiary/aromatic N) is 4. The highest BCUT2D eigenvalue weighted by Crippen LogP contribution is 2.61. The first kappa shape index (κ1) is 18.3. The molecule has 0 spiro atoms. The topological polar surface area (TPSA) is 60.7 Å². The van der Waals surface area contributed by atoms with Crippen molar-refractivity contribution in [2.75, 3.05) is 0 Å². The van der Waals surface area contributed by atoms with Crippen LogP contribution in [0.1, 0.15) is 52.4 Å². The summed E-state index contributed by atoms with van der Waals surface area (Å²) in [4.78, 5) is 17.7. The molecule has 0 saturated heterocycles. The van der Waals surface area contributed by atoms with Crippen LogP contribution in [0.15, 0.2) is 29.7 Å². The van der Waals surface area contributed by atoms with Gasteiger partial charge in [0, 0.05) is 29.9 Å². The van der Waals surface area contributed by atoms with Gasteiger partial charge in [-0.15, -0.1) is 10.2 Å². The Morgan fingerprint density at radius 3 is 2.32 bits per heavy atom. The molecule has 4 fully saturated rings. The van der Waals surface area contributed by atoms with Crippen LogP contribution in [-0.2, 0) is 11.3 Å². The maximum Gasteiger partial charge on any atom is 0.192 e. The third-order valence-corrected chi connectivity index (χ3v) is 8.26. The van der Waals surface area contributed by atoms with Gasteiger partial charge in [-0.25, -0.2) is 0 Å². The number of Topliss-reactive ketones (excluding diaryl/α,β-unsaturated/α-hetero) is 1. The lowest BCUT2D eigenvalue weighted by Crippen LogP contribution is -2.51. The average Bonchev–Trinajstić information content (AvgIpc) is 3.09. The lowest BCUT2D eigenvalue weighted by atomic mass is 9.48. The fourth-order valence-corrected chi connectivity index (χ4v) is 7.53. The van der Waals surface area contributed by atoms with E-state index in [2.05, 4.69) is 33.6 Å². The molecule has 2 heterocycles. The second-order valence-corrected chi connectivity index (χ2v) is 10.4. The molecular formula is C22H28N4OS. The van der Waals surface area contributed by atoms with Crippen LogP contribution < -0.4 is 0 Å². The quantitative estimate of drug-likeness (QED) is 0.667. The largest absolute Gasteiger partial charge is 0.302 e. The van der Waals surface area contributed by atoms with Gasteiger partial charge in [-0.1, -0.05) is 11.8 Å². The first-order valence-electron chi connectivity index (χ1n) is 10.6. The molecule has 2 aromatic heterocycles. The Morgan fingerprint density at radius 2 is 1.75 bits per heavy atom. The van der Waals surface area contributed by atoms with Gasteiger partial charge in [0.2, 0.25) is 0 Å². The van der Waals surface area contributed by atoms with E-state index in [0.29, 0.717) is 5.78 Å². The zero-order chi connectivity index (χ0) is 19.3. The fourth-order valence-electron chi connectivity index (χ4n) is 6.43. The molecule has 1 unspecified atom stereocenters. The van der Waals surface area contributed by atoms with Crippen LogP contribution in [0.25, 0.3) is 11.4 Å². The molecule has 0 aromatic carbocycles. The second kappa shape index (κ2) is 6.97. The average molecular weight is 397 g/mol. The third kappa shape index (κ3) is 3.00.